The van der Waals surface area contributed by atoms with Gasteiger partial charge < -0.3 is 15.0 Å². The molecular formula is C18H26N4O3. The number of carbonyl (C=O) groups is 2. The number of methoxy groups -OCH3 is 1. The third-order valence-corrected chi connectivity index (χ3v) is 3.39. The van der Waals surface area contributed by atoms with Crippen LogP contribution in [0.5, 0.6) is 5.75 Å². The van der Waals surface area contributed by atoms with Crippen LogP contribution >= 0.6 is 0 Å². The number of nitrogens with zero attached hydrogens (tertiary/aromatic N) is 3. The molecule has 0 unspecified atom stereocenters. The molecule has 0 aromatic heterocycles. The molecule has 0 aliphatic carbocycles. The fourth-order valence-electron chi connectivity index (χ4n) is 2.38. The van der Waals surface area contributed by atoms with Crippen LogP contribution in [0.4, 0.5) is 5.69 Å². The largest absolute Gasteiger partial charge is 0.495 e. The van der Waals surface area contributed by atoms with E-state index in [1.54, 1.807) is 24.1 Å². The molecule has 0 saturated carbocycles. The molecule has 136 valence electrons. The van der Waals surface area contributed by atoms with Crippen LogP contribution in [0.2, 0.25) is 0 Å². The van der Waals surface area contributed by atoms with E-state index in [0.29, 0.717) is 11.4 Å². The number of para-hydroxylation sites is 2. The minimum absolute atomic E-state index is 0.0531. The van der Waals surface area contributed by atoms with Gasteiger partial charge in [0.2, 0.25) is 11.8 Å². The van der Waals surface area contributed by atoms with Gasteiger partial charge in [-0.15, -0.1) is 0 Å². The Labute approximate surface area is 149 Å². The average molecular weight is 346 g/mol. The van der Waals surface area contributed by atoms with E-state index in [4.69, 9.17) is 10.00 Å². The minimum atomic E-state index is -0.195. The van der Waals surface area contributed by atoms with E-state index in [0.717, 1.165) is 0 Å². The first-order valence-corrected chi connectivity index (χ1v) is 8.17. The molecule has 2 amide bonds. The van der Waals surface area contributed by atoms with Crippen molar-refractivity contribution < 1.29 is 14.3 Å². The lowest BCUT2D eigenvalue weighted by Crippen LogP contribution is -2.44. The first-order valence-electron chi connectivity index (χ1n) is 8.17. The van der Waals surface area contributed by atoms with Gasteiger partial charge in [0.15, 0.2) is 0 Å². The Kier molecular flexibility index (Phi) is 8.44. The number of nitriles is 1. The van der Waals surface area contributed by atoms with Gasteiger partial charge in [-0.2, -0.15) is 5.26 Å². The van der Waals surface area contributed by atoms with E-state index < -0.39 is 0 Å². The highest BCUT2D eigenvalue weighted by atomic mass is 16.5. The van der Waals surface area contributed by atoms with Crippen molar-refractivity contribution >= 4 is 17.5 Å². The van der Waals surface area contributed by atoms with Gasteiger partial charge in [0.25, 0.3) is 0 Å². The number of hydrogen-bond acceptors (Lipinski definition) is 5. The zero-order valence-corrected chi connectivity index (χ0v) is 15.3. The number of ether oxygens (including phenoxy) is 1. The summed E-state index contributed by atoms with van der Waals surface area (Å²) in [5, 5.41) is 11.7. The van der Waals surface area contributed by atoms with E-state index >= 15 is 0 Å². The average Bonchev–Trinajstić information content (AvgIpc) is 2.54. The Balaban J connectivity index is 2.83. The number of anilines is 1. The van der Waals surface area contributed by atoms with Gasteiger partial charge in [-0.05, 0) is 33.0 Å². The van der Waals surface area contributed by atoms with Gasteiger partial charge >= 0.3 is 0 Å². The summed E-state index contributed by atoms with van der Waals surface area (Å²) in [6.45, 7) is 4.22. The molecule has 0 aliphatic heterocycles. The smallest absolute Gasteiger partial charge is 0.241 e. The van der Waals surface area contributed by atoms with E-state index in [1.807, 2.05) is 26.0 Å². The molecule has 1 aromatic carbocycles. The highest BCUT2D eigenvalue weighted by Crippen LogP contribution is 2.28. The Morgan fingerprint density at radius 2 is 1.96 bits per heavy atom. The van der Waals surface area contributed by atoms with E-state index in [1.165, 1.54) is 12.0 Å². The topological polar surface area (TPSA) is 85.7 Å². The van der Waals surface area contributed by atoms with Gasteiger partial charge in [-0.1, -0.05) is 12.1 Å². The standard InChI is InChI=1S/C18H26N4O3/c1-14(2)20-17(23)12-21(3)13-18(24)22(11-7-10-19)15-8-5-6-9-16(15)25-4/h5-6,8-9,14H,7,11-13H2,1-4H3,(H,20,23). The van der Waals surface area contributed by atoms with Crippen LogP contribution < -0.4 is 15.0 Å². The predicted molar refractivity (Wildman–Crippen MR) is 96.4 cm³/mol. The SMILES string of the molecule is COc1ccccc1N(CCC#N)C(=O)CN(C)CC(=O)NC(C)C. The van der Waals surface area contributed by atoms with Crippen LogP contribution in [0.25, 0.3) is 0 Å². The normalized spacial score (nSPS) is 10.4. The number of benzene rings is 1. The summed E-state index contributed by atoms with van der Waals surface area (Å²) in [7, 11) is 3.25. The van der Waals surface area contributed by atoms with Crippen molar-refractivity contribution in [2.75, 3.05) is 38.7 Å². The Bertz CT molecular complexity index is 625. The molecule has 0 fully saturated rings. The molecule has 0 aliphatic rings. The lowest BCUT2D eigenvalue weighted by Gasteiger charge is -2.26. The van der Waals surface area contributed by atoms with Crippen molar-refractivity contribution in [3.05, 3.63) is 24.3 Å². The molecule has 0 spiro atoms. The van der Waals surface area contributed by atoms with Gasteiger partial charge in [0.1, 0.15) is 5.75 Å². The van der Waals surface area contributed by atoms with E-state index in [2.05, 4.69) is 11.4 Å². The number of likely N-dealkylation sites (N-methyl/N-ethyl adjacent to an activating group) is 1. The number of nitrogens with one attached hydrogen (secondary N) is 1. The van der Waals surface area contributed by atoms with Crippen LogP contribution in [-0.4, -0.2) is 56.5 Å². The van der Waals surface area contributed by atoms with Gasteiger partial charge in [0, 0.05) is 12.6 Å². The highest BCUT2D eigenvalue weighted by molar-refractivity contribution is 5.96. The van der Waals surface area contributed by atoms with E-state index in [9.17, 15) is 9.59 Å². The Morgan fingerprint density at radius 1 is 1.28 bits per heavy atom. The van der Waals surface area contributed by atoms with Crippen molar-refractivity contribution in [3.63, 3.8) is 0 Å². The van der Waals surface area contributed by atoms with Crippen LogP contribution in [0, 0.1) is 11.3 Å². The van der Waals surface area contributed by atoms with Crippen LogP contribution in [-0.2, 0) is 9.59 Å². The minimum Gasteiger partial charge on any atom is -0.495 e. The number of amides is 2. The molecule has 1 rings (SSSR count). The van der Waals surface area contributed by atoms with Crippen molar-refractivity contribution in [2.24, 2.45) is 0 Å². The van der Waals surface area contributed by atoms with Crippen molar-refractivity contribution in [1.29, 1.82) is 5.26 Å². The molecule has 0 atom stereocenters. The second kappa shape index (κ2) is 10.3. The fraction of sp³-hybridized carbons (Fsp3) is 0.500. The molecule has 1 N–H and O–H groups in total. The molecule has 0 radical (unpaired) electrons. The van der Waals surface area contributed by atoms with Crippen molar-refractivity contribution in [1.82, 2.24) is 10.2 Å². The summed E-state index contributed by atoms with van der Waals surface area (Å²) < 4.78 is 5.32. The third-order valence-electron chi connectivity index (χ3n) is 3.39. The number of rotatable bonds is 9. The maximum absolute atomic E-state index is 12.7. The second-order valence-electron chi connectivity index (χ2n) is 6.02. The summed E-state index contributed by atoms with van der Waals surface area (Å²) in [6, 6.07) is 9.28. The van der Waals surface area contributed by atoms with Crippen LogP contribution in [0.15, 0.2) is 24.3 Å². The Morgan fingerprint density at radius 3 is 2.56 bits per heavy atom. The first kappa shape index (κ1) is 20.5. The van der Waals surface area contributed by atoms with Crippen LogP contribution in [0.3, 0.4) is 0 Å². The lowest BCUT2D eigenvalue weighted by molar-refractivity contribution is -0.123. The van der Waals surface area contributed by atoms with Crippen molar-refractivity contribution in [3.8, 4) is 11.8 Å². The third kappa shape index (κ3) is 6.81. The molecular weight excluding hydrogens is 320 g/mol. The summed E-state index contributed by atoms with van der Waals surface area (Å²) in [5.41, 5.74) is 0.616. The van der Waals surface area contributed by atoms with Gasteiger partial charge in [-0.3, -0.25) is 14.5 Å². The maximum Gasteiger partial charge on any atom is 0.241 e. The highest BCUT2D eigenvalue weighted by Gasteiger charge is 2.21. The van der Waals surface area contributed by atoms with Crippen molar-refractivity contribution in [2.45, 2.75) is 26.3 Å². The summed E-state index contributed by atoms with van der Waals surface area (Å²) in [6.07, 6.45) is 0.210. The lowest BCUT2D eigenvalue weighted by atomic mass is 10.2. The van der Waals surface area contributed by atoms with E-state index in [-0.39, 0.29) is 43.9 Å². The molecule has 0 heterocycles. The molecule has 1 aromatic rings. The zero-order valence-electron chi connectivity index (χ0n) is 15.3. The quantitative estimate of drug-likeness (QED) is 0.730. The van der Waals surface area contributed by atoms with Gasteiger partial charge in [-0.25, -0.2) is 0 Å². The molecule has 0 saturated heterocycles. The van der Waals surface area contributed by atoms with Crippen LogP contribution in [0.1, 0.15) is 20.3 Å². The first-order chi connectivity index (χ1) is 11.9. The molecule has 7 nitrogen and oxygen atoms in total. The molecule has 7 heteroatoms. The summed E-state index contributed by atoms with van der Waals surface area (Å²) >= 11 is 0. The monoisotopic (exact) mass is 346 g/mol. The number of hydrogen-bond donors (Lipinski definition) is 1. The summed E-state index contributed by atoms with van der Waals surface area (Å²) in [5.74, 6) is 0.236. The molecule has 0 bridgehead atoms. The molecule has 25 heavy (non-hydrogen) atoms. The predicted octanol–water partition coefficient (Wildman–Crippen LogP) is 1.40. The van der Waals surface area contributed by atoms with Gasteiger partial charge in [0.05, 0.1) is 38.4 Å². The maximum atomic E-state index is 12.7. The zero-order chi connectivity index (χ0) is 18.8. The Hall–Kier alpha value is -2.59. The fourth-order valence-corrected chi connectivity index (χ4v) is 2.38. The number of carbonyl (C=O) groups excluding carboxylic acids is 2. The second-order valence-corrected chi connectivity index (χ2v) is 6.02. The summed E-state index contributed by atoms with van der Waals surface area (Å²) in [4.78, 5) is 27.7.